The van der Waals surface area contributed by atoms with Crippen LogP contribution in [0, 0.1) is 13.8 Å². The molecular formula is C18H22N2O2. The summed E-state index contributed by atoms with van der Waals surface area (Å²) in [5.74, 6) is 1.23. The molecule has 0 aliphatic carbocycles. The van der Waals surface area contributed by atoms with Crippen LogP contribution in [0.3, 0.4) is 0 Å². The topological polar surface area (TPSA) is 36.7 Å². The number of furan rings is 1. The zero-order valence-corrected chi connectivity index (χ0v) is 13.2. The zero-order chi connectivity index (χ0) is 15.5. The third kappa shape index (κ3) is 3.39. The second-order valence-electron chi connectivity index (χ2n) is 5.97. The van der Waals surface area contributed by atoms with Gasteiger partial charge in [-0.1, -0.05) is 29.8 Å². The normalized spacial score (nSPS) is 16.0. The molecule has 0 radical (unpaired) electrons. The van der Waals surface area contributed by atoms with E-state index in [-0.39, 0.29) is 5.91 Å². The second kappa shape index (κ2) is 6.36. The van der Waals surface area contributed by atoms with Gasteiger partial charge in [-0.15, -0.1) is 0 Å². The molecule has 0 spiro atoms. The van der Waals surface area contributed by atoms with E-state index in [0.717, 1.165) is 38.5 Å². The van der Waals surface area contributed by atoms with Gasteiger partial charge in [-0.3, -0.25) is 9.69 Å². The smallest absolute Gasteiger partial charge is 0.289 e. The van der Waals surface area contributed by atoms with Crippen molar-refractivity contribution in [3.63, 3.8) is 0 Å². The summed E-state index contributed by atoms with van der Waals surface area (Å²) in [7, 11) is 0. The van der Waals surface area contributed by atoms with Crippen molar-refractivity contribution < 1.29 is 9.21 Å². The standard InChI is InChI=1S/C18H22N2O2/c1-14-4-3-5-16(12-14)13-19-8-10-20(11-9-19)18(21)17-7-6-15(2)22-17/h3-7,12H,8-11,13H2,1-2H3. The number of aryl methyl sites for hydroxylation is 2. The molecule has 0 N–H and O–H groups in total. The monoisotopic (exact) mass is 298 g/mol. The fourth-order valence-corrected chi connectivity index (χ4v) is 2.88. The molecule has 1 saturated heterocycles. The molecule has 1 aliphatic heterocycles. The predicted molar refractivity (Wildman–Crippen MR) is 85.8 cm³/mol. The Morgan fingerprint density at radius 2 is 1.86 bits per heavy atom. The number of benzene rings is 1. The SMILES string of the molecule is Cc1cccc(CN2CCN(C(=O)c3ccc(C)o3)CC2)c1. The van der Waals surface area contributed by atoms with Crippen LogP contribution in [0.4, 0.5) is 0 Å². The maximum Gasteiger partial charge on any atom is 0.289 e. The van der Waals surface area contributed by atoms with Crippen LogP contribution < -0.4 is 0 Å². The Hall–Kier alpha value is -2.07. The van der Waals surface area contributed by atoms with E-state index in [4.69, 9.17) is 4.42 Å². The van der Waals surface area contributed by atoms with Crippen molar-refractivity contribution in [1.82, 2.24) is 9.80 Å². The highest BCUT2D eigenvalue weighted by Gasteiger charge is 2.23. The molecule has 0 saturated carbocycles. The maximum absolute atomic E-state index is 12.3. The number of hydrogen-bond acceptors (Lipinski definition) is 3. The molecule has 116 valence electrons. The highest BCUT2D eigenvalue weighted by Crippen LogP contribution is 2.14. The van der Waals surface area contributed by atoms with Gasteiger partial charge in [0, 0.05) is 32.7 Å². The summed E-state index contributed by atoms with van der Waals surface area (Å²) in [6.45, 7) is 8.24. The first-order chi connectivity index (χ1) is 10.6. The van der Waals surface area contributed by atoms with Crippen LogP contribution in [0.2, 0.25) is 0 Å². The highest BCUT2D eigenvalue weighted by atomic mass is 16.3. The van der Waals surface area contributed by atoms with Crippen molar-refractivity contribution in [2.24, 2.45) is 0 Å². The van der Waals surface area contributed by atoms with Gasteiger partial charge in [0.15, 0.2) is 5.76 Å². The van der Waals surface area contributed by atoms with Crippen molar-refractivity contribution >= 4 is 5.91 Å². The molecule has 4 nitrogen and oxygen atoms in total. The Morgan fingerprint density at radius 3 is 2.50 bits per heavy atom. The lowest BCUT2D eigenvalue weighted by atomic mass is 10.1. The molecule has 1 fully saturated rings. The third-order valence-electron chi connectivity index (χ3n) is 4.10. The first-order valence-corrected chi connectivity index (χ1v) is 7.75. The molecule has 0 unspecified atom stereocenters. The summed E-state index contributed by atoms with van der Waals surface area (Å²) < 4.78 is 5.43. The highest BCUT2D eigenvalue weighted by molar-refractivity contribution is 5.91. The number of carbonyl (C=O) groups is 1. The van der Waals surface area contributed by atoms with Gasteiger partial charge in [-0.05, 0) is 31.5 Å². The number of carbonyl (C=O) groups excluding carboxylic acids is 1. The quantitative estimate of drug-likeness (QED) is 0.874. The maximum atomic E-state index is 12.3. The molecule has 4 heteroatoms. The lowest BCUT2D eigenvalue weighted by Gasteiger charge is -2.34. The van der Waals surface area contributed by atoms with Gasteiger partial charge in [-0.2, -0.15) is 0 Å². The third-order valence-corrected chi connectivity index (χ3v) is 4.10. The lowest BCUT2D eigenvalue weighted by molar-refractivity contribution is 0.0596. The molecule has 1 aromatic carbocycles. The van der Waals surface area contributed by atoms with Gasteiger partial charge in [0.2, 0.25) is 0 Å². The van der Waals surface area contributed by atoms with Crippen LogP contribution in [-0.2, 0) is 6.54 Å². The van der Waals surface area contributed by atoms with Gasteiger partial charge in [-0.25, -0.2) is 0 Å². The molecule has 0 atom stereocenters. The minimum absolute atomic E-state index is 0.00306. The molecule has 2 aromatic rings. The zero-order valence-electron chi connectivity index (χ0n) is 13.2. The lowest BCUT2D eigenvalue weighted by Crippen LogP contribution is -2.48. The number of amides is 1. The Bertz CT molecular complexity index is 655. The molecular weight excluding hydrogens is 276 g/mol. The molecule has 1 aliphatic rings. The van der Waals surface area contributed by atoms with Gasteiger partial charge >= 0.3 is 0 Å². The van der Waals surface area contributed by atoms with Crippen molar-refractivity contribution in [3.05, 3.63) is 59.0 Å². The molecule has 1 amide bonds. The summed E-state index contributed by atoms with van der Waals surface area (Å²) in [5.41, 5.74) is 2.63. The van der Waals surface area contributed by atoms with Gasteiger partial charge in [0.25, 0.3) is 5.91 Å². The van der Waals surface area contributed by atoms with Crippen molar-refractivity contribution in [2.45, 2.75) is 20.4 Å². The van der Waals surface area contributed by atoms with E-state index < -0.39 is 0 Å². The first kappa shape index (κ1) is 14.9. The van der Waals surface area contributed by atoms with Crippen LogP contribution in [0.5, 0.6) is 0 Å². The largest absolute Gasteiger partial charge is 0.456 e. The average molecular weight is 298 g/mol. The Balaban J connectivity index is 1.55. The Kier molecular flexibility index (Phi) is 4.29. The van der Waals surface area contributed by atoms with Gasteiger partial charge in [0.05, 0.1) is 0 Å². The summed E-state index contributed by atoms with van der Waals surface area (Å²) in [5, 5.41) is 0. The van der Waals surface area contributed by atoms with Crippen molar-refractivity contribution in [2.75, 3.05) is 26.2 Å². The van der Waals surface area contributed by atoms with Gasteiger partial charge in [0.1, 0.15) is 5.76 Å². The number of rotatable bonds is 3. The second-order valence-corrected chi connectivity index (χ2v) is 5.97. The number of nitrogens with zero attached hydrogens (tertiary/aromatic N) is 2. The van der Waals surface area contributed by atoms with Crippen LogP contribution in [-0.4, -0.2) is 41.9 Å². The first-order valence-electron chi connectivity index (χ1n) is 7.75. The van der Waals surface area contributed by atoms with E-state index >= 15 is 0 Å². The summed E-state index contributed by atoms with van der Waals surface area (Å²) in [6.07, 6.45) is 0. The van der Waals surface area contributed by atoms with E-state index in [1.165, 1.54) is 11.1 Å². The average Bonchev–Trinajstić information content (AvgIpc) is 2.94. The van der Waals surface area contributed by atoms with Crippen LogP contribution >= 0.6 is 0 Å². The Labute approximate surface area is 131 Å². The fraction of sp³-hybridized carbons (Fsp3) is 0.389. The Morgan fingerprint density at radius 1 is 1.09 bits per heavy atom. The predicted octanol–water partition coefficient (Wildman–Crippen LogP) is 2.85. The number of hydrogen-bond donors (Lipinski definition) is 0. The van der Waals surface area contributed by atoms with Crippen LogP contribution in [0.15, 0.2) is 40.8 Å². The molecule has 2 heterocycles. The minimum Gasteiger partial charge on any atom is -0.456 e. The molecule has 1 aromatic heterocycles. The van der Waals surface area contributed by atoms with E-state index in [0.29, 0.717) is 5.76 Å². The summed E-state index contributed by atoms with van der Waals surface area (Å²) in [6, 6.07) is 12.2. The van der Waals surface area contributed by atoms with Crippen molar-refractivity contribution in [1.29, 1.82) is 0 Å². The van der Waals surface area contributed by atoms with E-state index in [1.807, 2.05) is 17.9 Å². The van der Waals surface area contributed by atoms with E-state index in [9.17, 15) is 4.79 Å². The fourth-order valence-electron chi connectivity index (χ4n) is 2.88. The van der Waals surface area contributed by atoms with E-state index in [2.05, 4.69) is 36.1 Å². The molecule has 22 heavy (non-hydrogen) atoms. The minimum atomic E-state index is 0.00306. The van der Waals surface area contributed by atoms with E-state index in [1.54, 1.807) is 6.07 Å². The molecule has 0 bridgehead atoms. The van der Waals surface area contributed by atoms with Gasteiger partial charge < -0.3 is 9.32 Å². The van der Waals surface area contributed by atoms with Crippen LogP contribution in [0.25, 0.3) is 0 Å². The van der Waals surface area contributed by atoms with Crippen molar-refractivity contribution in [3.8, 4) is 0 Å². The van der Waals surface area contributed by atoms with Crippen LogP contribution in [0.1, 0.15) is 27.4 Å². The number of piperazine rings is 1. The molecule has 3 rings (SSSR count). The summed E-state index contributed by atoms with van der Waals surface area (Å²) in [4.78, 5) is 16.6. The summed E-state index contributed by atoms with van der Waals surface area (Å²) >= 11 is 0.